The molecule has 1 aliphatic carbocycles. The number of benzene rings is 1. The normalized spacial score (nSPS) is 17.7. The van der Waals surface area contributed by atoms with Crippen LogP contribution >= 0.6 is 0 Å². The van der Waals surface area contributed by atoms with E-state index in [2.05, 4.69) is 21.0 Å². The number of aliphatic imine (C=N–C) groups is 2. The van der Waals surface area contributed by atoms with E-state index in [1.165, 1.54) is 18.1 Å². The van der Waals surface area contributed by atoms with Crippen molar-refractivity contribution in [3.63, 3.8) is 0 Å². The van der Waals surface area contributed by atoms with Crippen LogP contribution in [0.4, 0.5) is 14.4 Å². The summed E-state index contributed by atoms with van der Waals surface area (Å²) in [4.78, 5) is 60.3. The number of nitrogens with zero attached hydrogens (tertiary/aromatic N) is 7. The molecule has 0 N–H and O–H groups in total. The van der Waals surface area contributed by atoms with Crippen molar-refractivity contribution in [2.24, 2.45) is 9.98 Å². The Morgan fingerprint density at radius 3 is 2.27 bits per heavy atom. The zero-order valence-electron chi connectivity index (χ0n) is 31.1. The molecule has 1 aromatic carbocycles. The lowest BCUT2D eigenvalue weighted by Crippen LogP contribution is -2.47. The molecule has 13 heteroatoms. The van der Waals surface area contributed by atoms with E-state index in [0.29, 0.717) is 31.0 Å². The highest BCUT2D eigenvalue weighted by Gasteiger charge is 2.36. The van der Waals surface area contributed by atoms with E-state index in [0.717, 1.165) is 43.3 Å². The van der Waals surface area contributed by atoms with E-state index in [9.17, 15) is 14.4 Å². The highest BCUT2D eigenvalue weighted by Crippen LogP contribution is 2.37. The summed E-state index contributed by atoms with van der Waals surface area (Å²) >= 11 is 0. The predicted molar refractivity (Wildman–Crippen MR) is 195 cm³/mol. The summed E-state index contributed by atoms with van der Waals surface area (Å²) in [6.45, 7) is 15.8. The van der Waals surface area contributed by atoms with Gasteiger partial charge >= 0.3 is 18.3 Å². The number of pyridine rings is 1. The molecule has 2 amide bonds. The Balaban J connectivity index is 1.32. The van der Waals surface area contributed by atoms with Gasteiger partial charge in [0.2, 0.25) is 0 Å². The second kappa shape index (κ2) is 15.3. The average Bonchev–Trinajstić information content (AvgIpc) is 3.42. The molecule has 1 unspecified atom stereocenters. The van der Waals surface area contributed by atoms with Gasteiger partial charge in [-0.05, 0) is 111 Å². The SMILES string of the molecule is CC(C)(C)OC(=O)/N=C/C(C)(C)OC(=O)/N=C/N1CCC(N(Cc2nc3ccccc3n2C(=O)OC(C)(C)C)C2CCCc3cccnc32)CC1. The minimum absolute atomic E-state index is 0.0478. The molecular formula is C38H51N7O6. The van der Waals surface area contributed by atoms with Gasteiger partial charge in [0.25, 0.3) is 0 Å². The maximum Gasteiger partial charge on any atom is 0.435 e. The van der Waals surface area contributed by atoms with Crippen molar-refractivity contribution in [3.05, 3.63) is 59.7 Å². The molecule has 274 valence electrons. The second-order valence-electron chi connectivity index (χ2n) is 15.7. The van der Waals surface area contributed by atoms with Crippen molar-refractivity contribution >= 4 is 41.9 Å². The van der Waals surface area contributed by atoms with Crippen molar-refractivity contribution in [1.29, 1.82) is 0 Å². The van der Waals surface area contributed by atoms with E-state index in [-0.39, 0.29) is 12.1 Å². The number of amides is 2. The van der Waals surface area contributed by atoms with Crippen LogP contribution in [0.3, 0.4) is 0 Å². The van der Waals surface area contributed by atoms with Gasteiger partial charge in [-0.25, -0.2) is 23.9 Å². The van der Waals surface area contributed by atoms with Crippen molar-refractivity contribution in [3.8, 4) is 0 Å². The number of piperidine rings is 1. The monoisotopic (exact) mass is 701 g/mol. The Hall–Kier alpha value is -4.65. The summed E-state index contributed by atoms with van der Waals surface area (Å²) in [7, 11) is 0. The van der Waals surface area contributed by atoms with Crippen LogP contribution in [0.5, 0.6) is 0 Å². The van der Waals surface area contributed by atoms with Gasteiger partial charge in [-0.1, -0.05) is 18.2 Å². The lowest BCUT2D eigenvalue weighted by Gasteiger charge is -2.43. The topological polar surface area (TPSA) is 141 Å². The van der Waals surface area contributed by atoms with Gasteiger partial charge < -0.3 is 19.1 Å². The van der Waals surface area contributed by atoms with Crippen LogP contribution in [-0.2, 0) is 27.2 Å². The van der Waals surface area contributed by atoms with E-state index in [1.807, 2.05) is 62.2 Å². The Kier molecular flexibility index (Phi) is 11.3. The van der Waals surface area contributed by atoms with Gasteiger partial charge in [0.15, 0.2) is 0 Å². The molecule has 1 atom stereocenters. The molecule has 0 radical (unpaired) electrons. The molecule has 5 rings (SSSR count). The molecule has 0 bridgehead atoms. The largest absolute Gasteiger partial charge is 0.443 e. The fourth-order valence-electron chi connectivity index (χ4n) is 6.49. The van der Waals surface area contributed by atoms with E-state index >= 15 is 0 Å². The van der Waals surface area contributed by atoms with Crippen molar-refractivity contribution in [1.82, 2.24) is 24.3 Å². The van der Waals surface area contributed by atoms with E-state index in [1.54, 1.807) is 39.2 Å². The zero-order valence-corrected chi connectivity index (χ0v) is 31.1. The first-order valence-corrected chi connectivity index (χ1v) is 17.7. The van der Waals surface area contributed by atoms with Crippen molar-refractivity contribution in [2.45, 2.75) is 123 Å². The van der Waals surface area contributed by atoms with Gasteiger partial charge in [0.1, 0.15) is 22.6 Å². The van der Waals surface area contributed by atoms with Gasteiger partial charge in [-0.15, -0.1) is 0 Å². The number of rotatable bonds is 7. The van der Waals surface area contributed by atoms with Crippen LogP contribution in [0.1, 0.15) is 104 Å². The predicted octanol–water partition coefficient (Wildman–Crippen LogP) is 7.51. The van der Waals surface area contributed by atoms with Gasteiger partial charge in [0.05, 0.1) is 41.9 Å². The number of aromatic nitrogens is 3. The summed E-state index contributed by atoms with van der Waals surface area (Å²) < 4.78 is 18.1. The van der Waals surface area contributed by atoms with Gasteiger partial charge in [-0.2, -0.15) is 9.98 Å². The maximum absolute atomic E-state index is 13.6. The molecule has 1 fully saturated rings. The smallest absolute Gasteiger partial charge is 0.435 e. The molecule has 0 spiro atoms. The highest BCUT2D eigenvalue weighted by molar-refractivity contribution is 5.88. The Morgan fingerprint density at radius 1 is 0.882 bits per heavy atom. The summed E-state index contributed by atoms with van der Waals surface area (Å²) in [6, 6.07) is 12.0. The summed E-state index contributed by atoms with van der Waals surface area (Å²) in [5.41, 5.74) is 1.25. The molecule has 0 saturated carbocycles. The lowest BCUT2D eigenvalue weighted by atomic mass is 9.88. The van der Waals surface area contributed by atoms with Crippen molar-refractivity contribution < 1.29 is 28.6 Å². The number of ether oxygens (including phenoxy) is 3. The average molecular weight is 702 g/mol. The highest BCUT2D eigenvalue weighted by atomic mass is 16.6. The second-order valence-corrected chi connectivity index (χ2v) is 15.7. The molecule has 1 aliphatic heterocycles. The molecule has 13 nitrogen and oxygen atoms in total. The number of likely N-dealkylation sites (tertiary alicyclic amines) is 1. The number of fused-ring (bicyclic) bond motifs is 2. The minimum atomic E-state index is -1.17. The summed E-state index contributed by atoms with van der Waals surface area (Å²) in [5, 5.41) is 0. The fraction of sp³-hybridized carbons (Fsp3) is 0.553. The van der Waals surface area contributed by atoms with Gasteiger partial charge in [-0.3, -0.25) is 9.88 Å². The molecule has 1 saturated heterocycles. The van der Waals surface area contributed by atoms with Crippen LogP contribution in [0.25, 0.3) is 11.0 Å². The number of para-hydroxylation sites is 2. The summed E-state index contributed by atoms with van der Waals surface area (Å²) in [5.74, 6) is 0.623. The zero-order chi connectivity index (χ0) is 37.0. The van der Waals surface area contributed by atoms with Crippen LogP contribution in [-0.4, -0.2) is 91.1 Å². The first kappa shape index (κ1) is 37.6. The third-order valence-electron chi connectivity index (χ3n) is 8.62. The molecule has 2 aromatic heterocycles. The minimum Gasteiger partial charge on any atom is -0.443 e. The Labute approximate surface area is 300 Å². The first-order chi connectivity index (χ1) is 24.0. The molecule has 51 heavy (non-hydrogen) atoms. The van der Waals surface area contributed by atoms with Crippen LogP contribution in [0.2, 0.25) is 0 Å². The third-order valence-corrected chi connectivity index (χ3v) is 8.62. The Morgan fingerprint density at radius 2 is 1.57 bits per heavy atom. The maximum atomic E-state index is 13.6. The summed E-state index contributed by atoms with van der Waals surface area (Å²) in [6.07, 6.45) is 7.16. The molecular weight excluding hydrogens is 650 g/mol. The first-order valence-electron chi connectivity index (χ1n) is 17.7. The van der Waals surface area contributed by atoms with E-state index < -0.39 is 35.1 Å². The number of carbonyl (C=O) groups excluding carboxylic acids is 3. The number of carbonyl (C=O) groups is 3. The van der Waals surface area contributed by atoms with Crippen LogP contribution in [0, 0.1) is 0 Å². The van der Waals surface area contributed by atoms with Crippen LogP contribution < -0.4 is 0 Å². The quantitative estimate of drug-likeness (QED) is 0.138. The lowest BCUT2D eigenvalue weighted by molar-refractivity contribution is 0.0496. The Bertz CT molecular complexity index is 1780. The van der Waals surface area contributed by atoms with Crippen LogP contribution in [0.15, 0.2) is 52.6 Å². The van der Waals surface area contributed by atoms with E-state index in [4.69, 9.17) is 24.2 Å². The number of hydrogen-bond donors (Lipinski definition) is 0. The number of aryl methyl sites for hydroxylation is 1. The number of hydrogen-bond acceptors (Lipinski definition) is 9. The molecule has 2 aliphatic rings. The molecule has 3 aromatic rings. The van der Waals surface area contributed by atoms with Gasteiger partial charge in [0, 0.05) is 25.3 Å². The molecule has 3 heterocycles. The number of imidazole rings is 1. The standard InChI is InChI=1S/C38H51N7O6/c1-36(2,3)49-33(46)40-24-38(7,8)50-34(47)41-25-43-21-18-27(19-22-43)44(30-17-11-13-26-14-12-20-39-32(26)30)23-31-42-28-15-9-10-16-29(28)45(31)35(48)51-37(4,5)6/h9-10,12,14-16,20,24-25,27,30H,11,13,17-19,21-23H2,1-8H3/b40-24+,41-25+. The fourth-order valence-corrected chi connectivity index (χ4v) is 6.49. The van der Waals surface area contributed by atoms with Crippen molar-refractivity contribution in [2.75, 3.05) is 13.1 Å². The third kappa shape index (κ3) is 10.2.